The molecule has 0 amide bonds. The van der Waals surface area contributed by atoms with E-state index in [1.165, 1.54) is 18.2 Å². The van der Waals surface area contributed by atoms with Crippen molar-refractivity contribution in [1.82, 2.24) is 19.5 Å². The second-order valence-electron chi connectivity index (χ2n) is 6.30. The van der Waals surface area contributed by atoms with E-state index in [-0.39, 0.29) is 10.9 Å². The predicted molar refractivity (Wildman–Crippen MR) is 106 cm³/mol. The molecule has 2 aromatic heterocycles. The maximum absolute atomic E-state index is 13.3. The summed E-state index contributed by atoms with van der Waals surface area (Å²) < 4.78 is 20.7. The maximum atomic E-state index is 13.3. The summed E-state index contributed by atoms with van der Waals surface area (Å²) in [6.45, 7) is 1.92. The van der Waals surface area contributed by atoms with Crippen molar-refractivity contribution in [1.29, 1.82) is 0 Å². The third kappa shape index (κ3) is 3.42. The third-order valence-electron chi connectivity index (χ3n) is 4.31. The van der Waals surface area contributed by atoms with E-state index < -0.39 is 5.82 Å². The summed E-state index contributed by atoms with van der Waals surface area (Å²) in [5.41, 5.74) is 2.72. The van der Waals surface area contributed by atoms with Gasteiger partial charge < -0.3 is 14.3 Å². The summed E-state index contributed by atoms with van der Waals surface area (Å²) in [6, 6.07) is 9.69. The van der Waals surface area contributed by atoms with Gasteiger partial charge in [0.1, 0.15) is 17.4 Å². The molecule has 4 rings (SSSR count). The lowest BCUT2D eigenvalue weighted by Gasteiger charge is -2.10. The summed E-state index contributed by atoms with van der Waals surface area (Å²) in [6.07, 6.45) is 7.16. The number of ether oxygens (including phenoxy) is 1. The fraction of sp³-hybridized carbons (Fsp3) is 0.0952. The number of halogens is 1. The number of benzene rings is 2. The largest absolute Gasteiger partial charge is 0.495 e. The molecule has 2 heterocycles. The molecule has 140 valence electrons. The number of aromatic nitrogens is 4. The summed E-state index contributed by atoms with van der Waals surface area (Å²) >= 11 is 0. The van der Waals surface area contributed by atoms with E-state index in [0.29, 0.717) is 17.1 Å². The maximum Gasteiger partial charge on any atom is 0.259 e. The number of fused-ring (bicyclic) bond motifs is 1. The number of hydrogen-bond acceptors (Lipinski definition) is 4. The summed E-state index contributed by atoms with van der Waals surface area (Å²) in [7, 11) is 1.61. The molecule has 0 fully saturated rings. The number of nitrogens with zero attached hydrogens (tertiary/aromatic N) is 3. The molecule has 7 heteroatoms. The molecule has 0 radical (unpaired) electrons. The topological polar surface area (TPSA) is 72.8 Å². The molecule has 2 aromatic carbocycles. The van der Waals surface area contributed by atoms with Gasteiger partial charge in [0.05, 0.1) is 35.7 Å². The predicted octanol–water partition coefficient (Wildman–Crippen LogP) is 3.74. The molecule has 0 aliphatic rings. The Morgan fingerprint density at radius 2 is 2.04 bits per heavy atom. The van der Waals surface area contributed by atoms with E-state index in [1.54, 1.807) is 19.5 Å². The number of methoxy groups -OCH3 is 1. The van der Waals surface area contributed by atoms with Crippen LogP contribution in [0.25, 0.3) is 28.7 Å². The van der Waals surface area contributed by atoms with Gasteiger partial charge in [-0.3, -0.25) is 4.79 Å². The summed E-state index contributed by atoms with van der Waals surface area (Å²) in [5.74, 6) is 0.607. The van der Waals surface area contributed by atoms with Gasteiger partial charge in [-0.2, -0.15) is 0 Å². The van der Waals surface area contributed by atoms with Crippen LogP contribution in [0.15, 0.2) is 53.7 Å². The first-order chi connectivity index (χ1) is 13.5. The van der Waals surface area contributed by atoms with Crippen molar-refractivity contribution < 1.29 is 9.13 Å². The highest BCUT2D eigenvalue weighted by Gasteiger charge is 2.07. The molecule has 0 unspecified atom stereocenters. The summed E-state index contributed by atoms with van der Waals surface area (Å²) in [5, 5.41) is 0.221. The molecule has 1 N–H and O–H groups in total. The van der Waals surface area contributed by atoms with Crippen molar-refractivity contribution in [3.8, 4) is 11.4 Å². The van der Waals surface area contributed by atoms with Crippen LogP contribution in [-0.2, 0) is 0 Å². The van der Waals surface area contributed by atoms with Crippen LogP contribution >= 0.6 is 0 Å². The Labute approximate surface area is 160 Å². The minimum atomic E-state index is -0.469. The van der Waals surface area contributed by atoms with Gasteiger partial charge >= 0.3 is 0 Å². The Balaban J connectivity index is 1.67. The van der Waals surface area contributed by atoms with Crippen molar-refractivity contribution in [3.63, 3.8) is 0 Å². The number of aryl methyl sites for hydroxylation is 1. The standard InChI is InChI=1S/C21H17FN4O2/c1-13-11-26(12-23-13)18-7-3-14(9-19(18)28-2)4-8-20-24-17-6-5-15(22)10-16(17)21(27)25-20/h3-12H,1-2H3,(H,24,25,27)/b8-4+. The first kappa shape index (κ1) is 17.7. The molecular formula is C21H17FN4O2. The Kier molecular flexibility index (Phi) is 4.49. The SMILES string of the molecule is COc1cc(/C=C/c2nc3ccc(F)cc3c(=O)[nH]2)ccc1-n1cnc(C)c1. The van der Waals surface area contributed by atoms with E-state index in [9.17, 15) is 9.18 Å². The Bertz CT molecular complexity index is 1260. The van der Waals surface area contributed by atoms with Crippen LogP contribution in [-0.4, -0.2) is 26.6 Å². The van der Waals surface area contributed by atoms with Crippen molar-refractivity contribution >= 4 is 23.1 Å². The van der Waals surface area contributed by atoms with E-state index in [1.807, 2.05) is 42.0 Å². The minimum absolute atomic E-state index is 0.221. The monoisotopic (exact) mass is 376 g/mol. The van der Waals surface area contributed by atoms with Gasteiger partial charge in [-0.25, -0.2) is 14.4 Å². The zero-order chi connectivity index (χ0) is 19.7. The van der Waals surface area contributed by atoms with Crippen molar-refractivity contribution in [2.75, 3.05) is 7.11 Å². The van der Waals surface area contributed by atoms with Crippen LogP contribution in [0.1, 0.15) is 17.1 Å². The van der Waals surface area contributed by atoms with Gasteiger partial charge in [-0.1, -0.05) is 12.1 Å². The molecule has 0 aliphatic carbocycles. The average Bonchev–Trinajstić information content (AvgIpc) is 3.13. The fourth-order valence-corrected chi connectivity index (χ4v) is 2.95. The number of imidazole rings is 1. The second kappa shape index (κ2) is 7.11. The second-order valence-corrected chi connectivity index (χ2v) is 6.30. The van der Waals surface area contributed by atoms with E-state index >= 15 is 0 Å². The van der Waals surface area contributed by atoms with Crippen LogP contribution in [0.3, 0.4) is 0 Å². The molecule has 0 atom stereocenters. The Morgan fingerprint density at radius 1 is 1.18 bits per heavy atom. The van der Waals surface area contributed by atoms with E-state index in [4.69, 9.17) is 4.74 Å². The van der Waals surface area contributed by atoms with Gasteiger partial charge in [0.2, 0.25) is 0 Å². The lowest BCUT2D eigenvalue weighted by Crippen LogP contribution is -2.09. The molecule has 28 heavy (non-hydrogen) atoms. The van der Waals surface area contributed by atoms with Crippen LogP contribution in [0, 0.1) is 12.7 Å². The van der Waals surface area contributed by atoms with Crippen LogP contribution < -0.4 is 10.3 Å². The first-order valence-corrected chi connectivity index (χ1v) is 8.60. The van der Waals surface area contributed by atoms with Gasteiger partial charge in [-0.15, -0.1) is 0 Å². The van der Waals surface area contributed by atoms with Gasteiger partial charge in [-0.05, 0) is 48.9 Å². The van der Waals surface area contributed by atoms with Gasteiger partial charge in [0, 0.05) is 6.20 Å². The highest BCUT2D eigenvalue weighted by atomic mass is 19.1. The normalized spacial score (nSPS) is 11.4. The fourth-order valence-electron chi connectivity index (χ4n) is 2.95. The lowest BCUT2D eigenvalue weighted by atomic mass is 10.1. The van der Waals surface area contributed by atoms with Crippen molar-refractivity contribution in [3.05, 3.63) is 82.2 Å². The highest BCUT2D eigenvalue weighted by Crippen LogP contribution is 2.25. The quantitative estimate of drug-likeness (QED) is 0.589. The molecule has 0 saturated carbocycles. The van der Waals surface area contributed by atoms with Crippen LogP contribution in [0.2, 0.25) is 0 Å². The molecule has 0 bridgehead atoms. The van der Waals surface area contributed by atoms with E-state index in [0.717, 1.165) is 16.9 Å². The van der Waals surface area contributed by atoms with Gasteiger partial charge in [0.15, 0.2) is 0 Å². The molecule has 0 saturated heterocycles. The van der Waals surface area contributed by atoms with Crippen molar-refractivity contribution in [2.24, 2.45) is 0 Å². The zero-order valence-electron chi connectivity index (χ0n) is 15.3. The van der Waals surface area contributed by atoms with Gasteiger partial charge in [0.25, 0.3) is 5.56 Å². The molecule has 0 aliphatic heterocycles. The Hall–Kier alpha value is -3.74. The van der Waals surface area contributed by atoms with Crippen LogP contribution in [0.5, 0.6) is 5.75 Å². The first-order valence-electron chi connectivity index (χ1n) is 8.60. The van der Waals surface area contributed by atoms with Crippen molar-refractivity contribution in [2.45, 2.75) is 6.92 Å². The highest BCUT2D eigenvalue weighted by molar-refractivity contribution is 5.79. The number of hydrogen-bond donors (Lipinski definition) is 1. The van der Waals surface area contributed by atoms with E-state index in [2.05, 4.69) is 15.0 Å². The zero-order valence-corrected chi connectivity index (χ0v) is 15.3. The number of rotatable bonds is 4. The molecule has 0 spiro atoms. The lowest BCUT2D eigenvalue weighted by molar-refractivity contribution is 0.413. The number of H-pyrrole nitrogens is 1. The smallest absolute Gasteiger partial charge is 0.259 e. The third-order valence-corrected chi connectivity index (χ3v) is 4.31. The molecule has 6 nitrogen and oxygen atoms in total. The summed E-state index contributed by atoms with van der Waals surface area (Å²) in [4.78, 5) is 23.4. The number of nitrogens with one attached hydrogen (secondary N) is 1. The molecule has 4 aromatic rings. The number of aromatic amines is 1. The average molecular weight is 376 g/mol. The Morgan fingerprint density at radius 3 is 2.79 bits per heavy atom. The van der Waals surface area contributed by atoms with Crippen LogP contribution in [0.4, 0.5) is 4.39 Å². The minimum Gasteiger partial charge on any atom is -0.495 e. The molecular weight excluding hydrogens is 359 g/mol.